The molecule has 0 spiro atoms. The third kappa shape index (κ3) is 6.40. The Morgan fingerprint density at radius 3 is 2.38 bits per heavy atom. The van der Waals surface area contributed by atoms with Crippen LogP contribution in [0.15, 0.2) is 6.20 Å². The number of nitrogens with one attached hydrogen (secondary N) is 1. The number of nitrogens with zero attached hydrogens (tertiary/aromatic N) is 5. The van der Waals surface area contributed by atoms with Crippen LogP contribution in [0.1, 0.15) is 51.5 Å². The fraction of sp³-hybridized carbons (Fsp3) is 0.778. The second-order valence-electron chi connectivity index (χ2n) is 8.45. The number of carbonyl (C=O) groups excluding carboxylic acids is 2. The number of piperazine rings is 1. The Labute approximate surface area is 155 Å². The van der Waals surface area contributed by atoms with Gasteiger partial charge in [-0.3, -0.25) is 19.2 Å². The van der Waals surface area contributed by atoms with E-state index in [2.05, 4.69) is 41.3 Å². The van der Waals surface area contributed by atoms with Crippen LogP contribution in [0, 0.1) is 5.41 Å². The van der Waals surface area contributed by atoms with E-state index in [1.807, 2.05) is 18.7 Å². The lowest BCUT2D eigenvalue weighted by Crippen LogP contribution is -2.49. The lowest BCUT2D eigenvalue weighted by atomic mass is 9.91. The van der Waals surface area contributed by atoms with Gasteiger partial charge in [-0.1, -0.05) is 26.0 Å². The Morgan fingerprint density at radius 1 is 1.15 bits per heavy atom. The molecule has 1 saturated heterocycles. The van der Waals surface area contributed by atoms with Gasteiger partial charge in [-0.15, -0.1) is 5.10 Å². The van der Waals surface area contributed by atoms with Gasteiger partial charge in [0.15, 0.2) is 5.69 Å². The number of aromatic nitrogens is 3. The molecule has 2 rings (SSSR count). The molecule has 2 heterocycles. The molecular formula is C18H32N6O2. The van der Waals surface area contributed by atoms with Crippen LogP contribution in [0.4, 0.5) is 0 Å². The first kappa shape index (κ1) is 20.4. The average molecular weight is 364 g/mol. The predicted molar refractivity (Wildman–Crippen MR) is 99.7 cm³/mol. The minimum atomic E-state index is -0.197. The zero-order valence-corrected chi connectivity index (χ0v) is 16.7. The van der Waals surface area contributed by atoms with Gasteiger partial charge in [0.2, 0.25) is 5.91 Å². The van der Waals surface area contributed by atoms with E-state index in [0.29, 0.717) is 18.7 Å². The molecule has 1 aliphatic rings. The van der Waals surface area contributed by atoms with Crippen LogP contribution in [0.25, 0.3) is 0 Å². The zero-order valence-electron chi connectivity index (χ0n) is 16.7. The van der Waals surface area contributed by atoms with Gasteiger partial charge in [0.05, 0.1) is 12.7 Å². The third-order valence-electron chi connectivity index (χ3n) is 4.24. The van der Waals surface area contributed by atoms with Crippen molar-refractivity contribution in [3.8, 4) is 0 Å². The van der Waals surface area contributed by atoms with Gasteiger partial charge in [0.1, 0.15) is 0 Å². The van der Waals surface area contributed by atoms with E-state index >= 15 is 0 Å². The number of carbonyl (C=O) groups is 2. The molecule has 0 bridgehead atoms. The molecule has 1 aromatic heterocycles. The van der Waals surface area contributed by atoms with E-state index in [4.69, 9.17) is 0 Å². The molecule has 0 aromatic carbocycles. The summed E-state index contributed by atoms with van der Waals surface area (Å²) in [6.45, 7) is 14.9. The maximum atomic E-state index is 12.3. The van der Waals surface area contributed by atoms with Crippen LogP contribution < -0.4 is 5.32 Å². The van der Waals surface area contributed by atoms with Crippen molar-refractivity contribution in [2.75, 3.05) is 32.7 Å². The third-order valence-corrected chi connectivity index (χ3v) is 4.24. The SMILES string of the molecule is CC(C)NC(=O)c1cn(CCN2CCN(C(=O)CC(C)(C)C)CC2)nn1. The van der Waals surface area contributed by atoms with Crippen molar-refractivity contribution >= 4 is 11.8 Å². The highest BCUT2D eigenvalue weighted by molar-refractivity contribution is 5.91. The topological polar surface area (TPSA) is 83.4 Å². The minimum Gasteiger partial charge on any atom is -0.348 e. The maximum absolute atomic E-state index is 12.3. The average Bonchev–Trinajstić information content (AvgIpc) is 3.00. The van der Waals surface area contributed by atoms with Gasteiger partial charge in [-0.2, -0.15) is 0 Å². The molecule has 8 heteroatoms. The van der Waals surface area contributed by atoms with E-state index in [1.165, 1.54) is 0 Å². The molecule has 1 N–H and O–H groups in total. The molecular weight excluding hydrogens is 332 g/mol. The lowest BCUT2D eigenvalue weighted by molar-refractivity contribution is -0.134. The summed E-state index contributed by atoms with van der Waals surface area (Å²) in [6.07, 6.45) is 2.27. The van der Waals surface area contributed by atoms with Gasteiger partial charge in [0.25, 0.3) is 5.91 Å². The van der Waals surface area contributed by atoms with Crippen molar-refractivity contribution < 1.29 is 9.59 Å². The molecule has 26 heavy (non-hydrogen) atoms. The zero-order chi connectivity index (χ0) is 19.3. The summed E-state index contributed by atoms with van der Waals surface area (Å²) < 4.78 is 1.70. The molecule has 8 nitrogen and oxygen atoms in total. The Kier molecular flexibility index (Phi) is 6.75. The van der Waals surface area contributed by atoms with Crippen LogP contribution in [0.3, 0.4) is 0 Å². The van der Waals surface area contributed by atoms with Crippen LogP contribution in [0.5, 0.6) is 0 Å². The molecule has 0 radical (unpaired) electrons. The molecule has 0 saturated carbocycles. The molecule has 0 unspecified atom stereocenters. The summed E-state index contributed by atoms with van der Waals surface area (Å²) in [5.41, 5.74) is 0.372. The van der Waals surface area contributed by atoms with Crippen LogP contribution in [-0.2, 0) is 11.3 Å². The monoisotopic (exact) mass is 364 g/mol. The molecule has 146 valence electrons. The summed E-state index contributed by atoms with van der Waals surface area (Å²) in [4.78, 5) is 28.5. The normalized spacial score (nSPS) is 16.2. The molecule has 0 aliphatic carbocycles. The molecule has 2 amide bonds. The molecule has 1 aromatic rings. The first-order chi connectivity index (χ1) is 12.1. The fourth-order valence-electron chi connectivity index (χ4n) is 2.88. The van der Waals surface area contributed by atoms with E-state index in [0.717, 1.165) is 32.7 Å². The van der Waals surface area contributed by atoms with Gasteiger partial charge in [-0.05, 0) is 19.3 Å². The van der Waals surface area contributed by atoms with Gasteiger partial charge >= 0.3 is 0 Å². The van der Waals surface area contributed by atoms with Gasteiger partial charge in [0, 0.05) is 45.2 Å². The van der Waals surface area contributed by atoms with E-state index in [9.17, 15) is 9.59 Å². The Hall–Kier alpha value is -1.96. The summed E-state index contributed by atoms with van der Waals surface area (Å²) in [5, 5.41) is 10.8. The van der Waals surface area contributed by atoms with Crippen molar-refractivity contribution in [1.82, 2.24) is 30.1 Å². The van der Waals surface area contributed by atoms with Crippen molar-refractivity contribution in [2.45, 2.75) is 53.6 Å². The fourth-order valence-corrected chi connectivity index (χ4v) is 2.88. The highest BCUT2D eigenvalue weighted by Crippen LogP contribution is 2.20. The molecule has 1 fully saturated rings. The van der Waals surface area contributed by atoms with Crippen LogP contribution in [0.2, 0.25) is 0 Å². The minimum absolute atomic E-state index is 0.0286. The number of rotatable bonds is 6. The smallest absolute Gasteiger partial charge is 0.273 e. The predicted octanol–water partition coefficient (Wildman–Crippen LogP) is 0.997. The lowest BCUT2D eigenvalue weighted by Gasteiger charge is -2.35. The quantitative estimate of drug-likeness (QED) is 0.814. The number of hydrogen-bond donors (Lipinski definition) is 1. The molecule has 1 aliphatic heterocycles. The summed E-state index contributed by atoms with van der Waals surface area (Å²) in [5.74, 6) is 0.0476. The summed E-state index contributed by atoms with van der Waals surface area (Å²) in [7, 11) is 0. The second-order valence-corrected chi connectivity index (χ2v) is 8.45. The van der Waals surface area contributed by atoms with Crippen molar-refractivity contribution in [2.24, 2.45) is 5.41 Å². The number of hydrogen-bond acceptors (Lipinski definition) is 5. The van der Waals surface area contributed by atoms with E-state index in [1.54, 1.807) is 10.9 Å². The van der Waals surface area contributed by atoms with Gasteiger partial charge in [-0.25, -0.2) is 0 Å². The van der Waals surface area contributed by atoms with Gasteiger partial charge < -0.3 is 10.2 Å². The van der Waals surface area contributed by atoms with Crippen LogP contribution >= 0.6 is 0 Å². The van der Waals surface area contributed by atoms with Crippen molar-refractivity contribution in [1.29, 1.82) is 0 Å². The second kappa shape index (κ2) is 8.62. The van der Waals surface area contributed by atoms with E-state index in [-0.39, 0.29) is 23.3 Å². The standard InChI is InChI=1S/C18H32N6O2/c1-14(2)19-17(26)15-13-24(21-20-15)11-8-22-6-9-23(10-7-22)16(25)12-18(3,4)5/h13-14H,6-12H2,1-5H3,(H,19,26). The highest BCUT2D eigenvalue weighted by atomic mass is 16.2. The highest BCUT2D eigenvalue weighted by Gasteiger charge is 2.24. The Balaban J connectivity index is 1.74. The molecule has 0 atom stereocenters. The number of amides is 2. The maximum Gasteiger partial charge on any atom is 0.273 e. The van der Waals surface area contributed by atoms with Crippen LogP contribution in [-0.4, -0.2) is 75.4 Å². The largest absolute Gasteiger partial charge is 0.348 e. The van der Waals surface area contributed by atoms with Crippen molar-refractivity contribution in [3.63, 3.8) is 0 Å². The Morgan fingerprint density at radius 2 is 1.81 bits per heavy atom. The Bertz CT molecular complexity index is 611. The first-order valence-electron chi connectivity index (χ1n) is 9.35. The van der Waals surface area contributed by atoms with E-state index < -0.39 is 0 Å². The van der Waals surface area contributed by atoms with Crippen molar-refractivity contribution in [3.05, 3.63) is 11.9 Å². The summed E-state index contributed by atoms with van der Waals surface area (Å²) >= 11 is 0. The summed E-state index contributed by atoms with van der Waals surface area (Å²) in [6, 6.07) is 0.0740. The first-order valence-corrected chi connectivity index (χ1v) is 9.35.